The van der Waals surface area contributed by atoms with E-state index in [9.17, 15) is 0 Å². The van der Waals surface area contributed by atoms with E-state index >= 15 is 0 Å². The Morgan fingerprint density at radius 2 is 2.11 bits per heavy atom. The van der Waals surface area contributed by atoms with Crippen molar-refractivity contribution >= 4 is 11.8 Å². The molecule has 1 aromatic carbocycles. The molecule has 2 aromatic rings. The van der Waals surface area contributed by atoms with Crippen LogP contribution in [0.3, 0.4) is 0 Å². The Morgan fingerprint density at radius 1 is 1.32 bits per heavy atom. The minimum absolute atomic E-state index is 0.504. The fraction of sp³-hybridized carbons (Fsp3) is 0.429. The van der Waals surface area contributed by atoms with Crippen LogP contribution < -0.4 is 5.32 Å². The highest BCUT2D eigenvalue weighted by Gasteiger charge is 2.05. The number of hydrogen-bond acceptors (Lipinski definition) is 4. The van der Waals surface area contributed by atoms with Crippen molar-refractivity contribution in [3.8, 4) is 0 Å². The largest absolute Gasteiger partial charge is 0.310 e. The van der Waals surface area contributed by atoms with Gasteiger partial charge in [0.15, 0.2) is 0 Å². The molecule has 0 aliphatic rings. The number of aromatic amines is 1. The molecule has 102 valence electrons. The third-order valence-corrected chi connectivity index (χ3v) is 3.66. The maximum atomic E-state index is 4.30. The molecule has 0 fully saturated rings. The van der Waals surface area contributed by atoms with E-state index in [0.29, 0.717) is 6.04 Å². The van der Waals surface area contributed by atoms with Crippen LogP contribution in [0.2, 0.25) is 0 Å². The molecule has 2 rings (SSSR count). The van der Waals surface area contributed by atoms with E-state index in [1.54, 1.807) is 11.8 Å². The second kappa shape index (κ2) is 6.21. The lowest BCUT2D eigenvalue weighted by Gasteiger charge is -2.11. The predicted molar refractivity (Wildman–Crippen MR) is 78.4 cm³/mol. The Balaban J connectivity index is 2.06. The van der Waals surface area contributed by atoms with Crippen molar-refractivity contribution in [2.75, 3.05) is 0 Å². The van der Waals surface area contributed by atoms with Crippen molar-refractivity contribution in [2.24, 2.45) is 0 Å². The topological polar surface area (TPSA) is 53.6 Å². The molecule has 19 heavy (non-hydrogen) atoms. The summed E-state index contributed by atoms with van der Waals surface area (Å²) < 4.78 is 0. The average molecular weight is 276 g/mol. The summed E-state index contributed by atoms with van der Waals surface area (Å²) in [6.45, 7) is 9.28. The second-order valence-corrected chi connectivity index (χ2v) is 5.97. The first-order valence-electron chi connectivity index (χ1n) is 6.44. The molecule has 0 atom stereocenters. The molecule has 0 spiro atoms. The van der Waals surface area contributed by atoms with E-state index in [2.05, 4.69) is 59.5 Å². The second-order valence-electron chi connectivity index (χ2n) is 4.93. The third kappa shape index (κ3) is 4.08. The maximum Gasteiger partial charge on any atom is 0.213 e. The van der Waals surface area contributed by atoms with Gasteiger partial charge < -0.3 is 5.32 Å². The maximum absolute atomic E-state index is 4.30. The van der Waals surface area contributed by atoms with E-state index in [0.717, 1.165) is 17.5 Å². The number of rotatable bonds is 5. The molecule has 0 amide bonds. The van der Waals surface area contributed by atoms with Crippen LogP contribution in [0, 0.1) is 13.8 Å². The van der Waals surface area contributed by atoms with Gasteiger partial charge in [0.25, 0.3) is 0 Å². The molecule has 4 nitrogen and oxygen atoms in total. The van der Waals surface area contributed by atoms with Gasteiger partial charge in [-0.1, -0.05) is 19.9 Å². The first-order valence-corrected chi connectivity index (χ1v) is 7.26. The third-order valence-electron chi connectivity index (χ3n) is 2.80. The fourth-order valence-corrected chi connectivity index (χ4v) is 2.57. The summed E-state index contributed by atoms with van der Waals surface area (Å²) in [5.74, 6) is 0.844. The summed E-state index contributed by atoms with van der Waals surface area (Å²) in [6, 6.07) is 6.99. The van der Waals surface area contributed by atoms with Crippen molar-refractivity contribution in [1.82, 2.24) is 20.5 Å². The van der Waals surface area contributed by atoms with Crippen LogP contribution in [0.25, 0.3) is 0 Å². The summed E-state index contributed by atoms with van der Waals surface area (Å²) in [5, 5.41) is 11.2. The Hall–Kier alpha value is -1.33. The molecule has 1 heterocycles. The zero-order chi connectivity index (χ0) is 13.8. The van der Waals surface area contributed by atoms with Crippen molar-refractivity contribution in [3.05, 3.63) is 35.2 Å². The molecule has 0 aliphatic heterocycles. The monoisotopic (exact) mass is 276 g/mol. The molecular weight excluding hydrogens is 256 g/mol. The highest BCUT2D eigenvalue weighted by atomic mass is 32.2. The molecule has 1 aromatic heterocycles. The van der Waals surface area contributed by atoms with Gasteiger partial charge in [-0.05, 0) is 48.9 Å². The van der Waals surface area contributed by atoms with Gasteiger partial charge >= 0.3 is 0 Å². The first kappa shape index (κ1) is 14.1. The molecule has 0 saturated heterocycles. The number of nitrogens with zero attached hydrogens (tertiary/aromatic N) is 2. The summed E-state index contributed by atoms with van der Waals surface area (Å²) in [7, 11) is 0. The predicted octanol–water partition coefficient (Wildman–Crippen LogP) is 3.07. The standard InChI is InChI=1S/C14H20N4S/c1-9(2)15-8-12-5-6-13(7-10(12)3)19-14-16-11(4)17-18-14/h5-7,9,15H,8H2,1-4H3,(H,16,17,18). The van der Waals surface area contributed by atoms with Crippen molar-refractivity contribution in [2.45, 2.75) is 50.3 Å². The van der Waals surface area contributed by atoms with Crippen LogP contribution in [0.5, 0.6) is 0 Å². The quantitative estimate of drug-likeness (QED) is 0.881. The minimum atomic E-state index is 0.504. The number of aryl methyl sites for hydroxylation is 2. The van der Waals surface area contributed by atoms with Crippen molar-refractivity contribution in [3.63, 3.8) is 0 Å². The fourth-order valence-electron chi connectivity index (χ4n) is 1.72. The van der Waals surface area contributed by atoms with E-state index in [4.69, 9.17) is 0 Å². The summed E-state index contributed by atoms with van der Waals surface area (Å²) in [6.07, 6.45) is 0. The van der Waals surface area contributed by atoms with Crippen LogP contribution in [0.1, 0.15) is 30.8 Å². The highest BCUT2D eigenvalue weighted by Crippen LogP contribution is 2.26. The molecule has 0 saturated carbocycles. The molecular formula is C14H20N4S. The Bertz CT molecular complexity index is 548. The Labute approximate surface area is 118 Å². The van der Waals surface area contributed by atoms with E-state index in [1.165, 1.54) is 16.0 Å². The van der Waals surface area contributed by atoms with Gasteiger partial charge in [-0.15, -0.1) is 5.10 Å². The number of aromatic nitrogens is 3. The van der Waals surface area contributed by atoms with Gasteiger partial charge in [0.05, 0.1) is 0 Å². The van der Waals surface area contributed by atoms with Gasteiger partial charge in [-0.25, -0.2) is 4.98 Å². The van der Waals surface area contributed by atoms with Crippen LogP contribution in [0.4, 0.5) is 0 Å². The smallest absolute Gasteiger partial charge is 0.213 e. The molecule has 0 unspecified atom stereocenters. The van der Waals surface area contributed by atoms with Crippen LogP contribution in [0.15, 0.2) is 28.3 Å². The first-order chi connectivity index (χ1) is 9.04. The molecule has 5 heteroatoms. The van der Waals surface area contributed by atoms with Crippen LogP contribution >= 0.6 is 11.8 Å². The van der Waals surface area contributed by atoms with Crippen LogP contribution in [-0.4, -0.2) is 21.2 Å². The normalized spacial score (nSPS) is 11.2. The Kier molecular flexibility index (Phi) is 4.61. The van der Waals surface area contributed by atoms with Crippen molar-refractivity contribution < 1.29 is 0 Å². The number of H-pyrrole nitrogens is 1. The van der Waals surface area contributed by atoms with Gasteiger partial charge in [0.2, 0.25) is 5.16 Å². The lowest BCUT2D eigenvalue weighted by molar-refractivity contribution is 0.587. The zero-order valence-corrected chi connectivity index (χ0v) is 12.6. The van der Waals surface area contributed by atoms with Gasteiger partial charge in [0, 0.05) is 17.5 Å². The summed E-state index contributed by atoms with van der Waals surface area (Å²) in [5.41, 5.74) is 2.63. The van der Waals surface area contributed by atoms with E-state index in [-0.39, 0.29) is 0 Å². The van der Waals surface area contributed by atoms with E-state index in [1.807, 2.05) is 6.92 Å². The highest BCUT2D eigenvalue weighted by molar-refractivity contribution is 7.99. The van der Waals surface area contributed by atoms with Gasteiger partial charge in [-0.2, -0.15) is 0 Å². The van der Waals surface area contributed by atoms with Crippen LogP contribution in [-0.2, 0) is 6.54 Å². The SMILES string of the molecule is Cc1nc(Sc2ccc(CNC(C)C)c(C)c2)n[nH]1. The van der Waals surface area contributed by atoms with Crippen molar-refractivity contribution in [1.29, 1.82) is 0 Å². The molecule has 2 N–H and O–H groups in total. The lowest BCUT2D eigenvalue weighted by atomic mass is 10.1. The van der Waals surface area contributed by atoms with Gasteiger partial charge in [0.1, 0.15) is 5.82 Å². The summed E-state index contributed by atoms with van der Waals surface area (Å²) in [4.78, 5) is 5.47. The molecule has 0 aliphatic carbocycles. The van der Waals surface area contributed by atoms with E-state index < -0.39 is 0 Å². The number of hydrogen-bond donors (Lipinski definition) is 2. The minimum Gasteiger partial charge on any atom is -0.310 e. The average Bonchev–Trinajstić information content (AvgIpc) is 2.73. The summed E-state index contributed by atoms with van der Waals surface area (Å²) >= 11 is 1.58. The number of benzene rings is 1. The Morgan fingerprint density at radius 3 is 2.68 bits per heavy atom. The van der Waals surface area contributed by atoms with Gasteiger partial charge in [-0.3, -0.25) is 5.10 Å². The lowest BCUT2D eigenvalue weighted by Crippen LogP contribution is -2.22. The molecule has 0 bridgehead atoms. The zero-order valence-electron chi connectivity index (χ0n) is 11.8. The molecule has 0 radical (unpaired) electrons. The number of nitrogens with one attached hydrogen (secondary N) is 2.